The first kappa shape index (κ1) is 12.5. The lowest BCUT2D eigenvalue weighted by Gasteiger charge is -2.05. The highest BCUT2D eigenvalue weighted by Gasteiger charge is 2.06. The van der Waals surface area contributed by atoms with Crippen LogP contribution in [0.5, 0.6) is 5.75 Å². The average molecular weight is 218 g/mol. The number of aromatic hydroxyl groups is 1. The van der Waals surface area contributed by atoms with Crippen molar-refractivity contribution in [3.63, 3.8) is 0 Å². The van der Waals surface area contributed by atoms with Gasteiger partial charge in [0.15, 0.2) is 0 Å². The van der Waals surface area contributed by atoms with Gasteiger partial charge in [-0.05, 0) is 29.7 Å². The number of carbonyl (C=O) groups is 1. The zero-order chi connectivity index (χ0) is 12.0. The molecule has 0 aliphatic rings. The highest BCUT2D eigenvalue weighted by Crippen LogP contribution is 2.20. The van der Waals surface area contributed by atoms with Gasteiger partial charge < -0.3 is 5.11 Å². The maximum absolute atomic E-state index is 11.5. The highest BCUT2D eigenvalue weighted by molar-refractivity contribution is 5.89. The first-order chi connectivity index (χ1) is 7.63. The van der Waals surface area contributed by atoms with Crippen LogP contribution in [-0.4, -0.2) is 10.9 Å². The molecule has 0 fully saturated rings. The number of unbranched alkanes of at least 4 members (excludes halogenated alkanes) is 1. The van der Waals surface area contributed by atoms with Crippen molar-refractivity contribution in [1.29, 1.82) is 0 Å². The van der Waals surface area contributed by atoms with E-state index in [0.29, 0.717) is 12.8 Å². The summed E-state index contributed by atoms with van der Waals surface area (Å²) in [6.45, 7) is 5.97. The van der Waals surface area contributed by atoms with Crippen LogP contribution in [0.4, 0.5) is 0 Å². The van der Waals surface area contributed by atoms with Gasteiger partial charge in [-0.15, -0.1) is 0 Å². The lowest BCUT2D eigenvalue weighted by Crippen LogP contribution is -1.98. The number of Topliss-reactive ketones (excluding diaryl/α,β-unsaturated/α-hetero) is 1. The van der Waals surface area contributed by atoms with E-state index in [1.54, 1.807) is 24.3 Å². The summed E-state index contributed by atoms with van der Waals surface area (Å²) < 4.78 is 0. The van der Waals surface area contributed by atoms with Crippen molar-refractivity contribution in [2.24, 2.45) is 0 Å². The van der Waals surface area contributed by atoms with Crippen molar-refractivity contribution in [3.8, 4) is 5.75 Å². The van der Waals surface area contributed by atoms with Gasteiger partial charge in [0.1, 0.15) is 11.5 Å². The molecule has 2 nitrogen and oxygen atoms in total. The molecule has 1 aromatic carbocycles. The van der Waals surface area contributed by atoms with Crippen molar-refractivity contribution in [3.05, 3.63) is 36.4 Å². The van der Waals surface area contributed by atoms with Crippen LogP contribution in [-0.2, 0) is 4.79 Å². The Kier molecular flexibility index (Phi) is 4.77. The fraction of sp³-hybridized carbons (Fsp3) is 0.357. The zero-order valence-electron chi connectivity index (χ0n) is 9.70. The number of ketones is 1. The largest absolute Gasteiger partial charge is 0.508 e. The molecule has 0 unspecified atom stereocenters. The van der Waals surface area contributed by atoms with Gasteiger partial charge in [0.25, 0.3) is 0 Å². The van der Waals surface area contributed by atoms with Crippen LogP contribution in [0.1, 0.15) is 38.2 Å². The van der Waals surface area contributed by atoms with Crippen molar-refractivity contribution in [1.82, 2.24) is 0 Å². The minimum absolute atomic E-state index is 0.230. The molecule has 0 saturated carbocycles. The number of carbonyl (C=O) groups excluding carboxylic acids is 1. The molecule has 0 radical (unpaired) electrons. The van der Waals surface area contributed by atoms with Gasteiger partial charge in [-0.1, -0.05) is 32.1 Å². The Bertz CT molecular complexity index is 363. The summed E-state index contributed by atoms with van der Waals surface area (Å²) >= 11 is 0. The van der Waals surface area contributed by atoms with Crippen molar-refractivity contribution in [2.75, 3.05) is 0 Å². The average Bonchev–Trinajstić information content (AvgIpc) is 2.27. The molecule has 0 saturated heterocycles. The standard InChI is InChI=1S/C14H18O2/c1-3-4-5-14(16)10-11(2)12-6-8-13(15)9-7-12/h6-9,15H,2-5,10H2,1H3. The molecule has 0 amide bonds. The van der Waals surface area contributed by atoms with E-state index < -0.39 is 0 Å². The zero-order valence-corrected chi connectivity index (χ0v) is 9.70. The summed E-state index contributed by atoms with van der Waals surface area (Å²) in [6, 6.07) is 6.78. The Morgan fingerprint density at radius 2 is 1.94 bits per heavy atom. The van der Waals surface area contributed by atoms with Gasteiger partial charge in [-0.25, -0.2) is 0 Å². The Labute approximate surface area is 96.6 Å². The number of phenols is 1. The summed E-state index contributed by atoms with van der Waals surface area (Å²) in [5.41, 5.74) is 1.74. The number of hydrogen-bond donors (Lipinski definition) is 1. The second kappa shape index (κ2) is 6.11. The molecule has 2 heteroatoms. The van der Waals surface area contributed by atoms with Crippen LogP contribution in [0.25, 0.3) is 5.57 Å². The van der Waals surface area contributed by atoms with E-state index in [1.165, 1.54) is 0 Å². The van der Waals surface area contributed by atoms with Crippen LogP contribution in [0, 0.1) is 0 Å². The second-order valence-corrected chi connectivity index (χ2v) is 3.97. The van der Waals surface area contributed by atoms with E-state index in [1.807, 2.05) is 0 Å². The molecule has 0 spiro atoms. The van der Waals surface area contributed by atoms with E-state index in [2.05, 4.69) is 13.5 Å². The molecule has 1 aromatic rings. The van der Waals surface area contributed by atoms with Gasteiger partial charge in [-0.2, -0.15) is 0 Å². The van der Waals surface area contributed by atoms with E-state index in [9.17, 15) is 4.79 Å². The van der Waals surface area contributed by atoms with Crippen LogP contribution < -0.4 is 0 Å². The minimum atomic E-state index is 0.230. The Balaban J connectivity index is 2.52. The molecule has 0 bridgehead atoms. The lowest BCUT2D eigenvalue weighted by atomic mass is 10.00. The molecule has 86 valence electrons. The van der Waals surface area contributed by atoms with Crippen LogP contribution in [0.15, 0.2) is 30.8 Å². The molecule has 0 aromatic heterocycles. The molecule has 1 N–H and O–H groups in total. The van der Waals surface area contributed by atoms with Crippen molar-refractivity contribution in [2.45, 2.75) is 32.6 Å². The second-order valence-electron chi connectivity index (χ2n) is 3.97. The topological polar surface area (TPSA) is 37.3 Å². The van der Waals surface area contributed by atoms with Gasteiger partial charge in [0.05, 0.1) is 0 Å². The SMILES string of the molecule is C=C(CC(=O)CCCC)c1ccc(O)cc1. The summed E-state index contributed by atoms with van der Waals surface area (Å²) in [6.07, 6.45) is 3.03. The lowest BCUT2D eigenvalue weighted by molar-refractivity contribution is -0.118. The van der Waals surface area contributed by atoms with E-state index >= 15 is 0 Å². The Morgan fingerprint density at radius 3 is 2.50 bits per heavy atom. The normalized spacial score (nSPS) is 10.1. The maximum Gasteiger partial charge on any atom is 0.137 e. The van der Waals surface area contributed by atoms with E-state index in [0.717, 1.165) is 24.0 Å². The van der Waals surface area contributed by atoms with E-state index in [-0.39, 0.29) is 11.5 Å². The van der Waals surface area contributed by atoms with Crippen molar-refractivity contribution < 1.29 is 9.90 Å². The molecule has 0 aliphatic carbocycles. The molecule has 1 rings (SSSR count). The minimum Gasteiger partial charge on any atom is -0.508 e. The van der Waals surface area contributed by atoms with Gasteiger partial charge in [0, 0.05) is 12.8 Å². The summed E-state index contributed by atoms with van der Waals surface area (Å²) in [4.78, 5) is 11.5. The van der Waals surface area contributed by atoms with Gasteiger partial charge in [0.2, 0.25) is 0 Å². The summed E-state index contributed by atoms with van der Waals surface area (Å²) in [5, 5.41) is 9.14. The molecule has 16 heavy (non-hydrogen) atoms. The van der Waals surface area contributed by atoms with Crippen LogP contribution >= 0.6 is 0 Å². The molecule has 0 aliphatic heterocycles. The highest BCUT2D eigenvalue weighted by atomic mass is 16.3. The third kappa shape index (κ3) is 3.89. The van der Waals surface area contributed by atoms with Crippen LogP contribution in [0.2, 0.25) is 0 Å². The van der Waals surface area contributed by atoms with Crippen molar-refractivity contribution >= 4 is 11.4 Å². The molecular formula is C14H18O2. The number of allylic oxidation sites excluding steroid dienone is 1. The maximum atomic E-state index is 11.5. The van der Waals surface area contributed by atoms with Crippen LogP contribution in [0.3, 0.4) is 0 Å². The monoisotopic (exact) mass is 218 g/mol. The summed E-state index contributed by atoms with van der Waals surface area (Å²) in [5.74, 6) is 0.466. The summed E-state index contributed by atoms with van der Waals surface area (Å²) in [7, 11) is 0. The molecule has 0 heterocycles. The van der Waals surface area contributed by atoms with Gasteiger partial charge >= 0.3 is 0 Å². The first-order valence-corrected chi connectivity index (χ1v) is 5.62. The van der Waals surface area contributed by atoms with Gasteiger partial charge in [-0.3, -0.25) is 4.79 Å². The Morgan fingerprint density at radius 1 is 1.31 bits per heavy atom. The predicted octanol–water partition coefficient (Wildman–Crippen LogP) is 3.55. The molecular weight excluding hydrogens is 200 g/mol. The van der Waals surface area contributed by atoms with E-state index in [4.69, 9.17) is 5.11 Å². The fourth-order valence-electron chi connectivity index (χ4n) is 1.50. The fourth-order valence-corrected chi connectivity index (χ4v) is 1.50. The number of benzene rings is 1. The smallest absolute Gasteiger partial charge is 0.137 e. The first-order valence-electron chi connectivity index (χ1n) is 5.62. The number of phenolic OH excluding ortho intramolecular Hbond substituents is 1. The quantitative estimate of drug-likeness (QED) is 0.792. The number of hydrogen-bond acceptors (Lipinski definition) is 2. The third-order valence-electron chi connectivity index (χ3n) is 2.50. The number of rotatable bonds is 6. The Hall–Kier alpha value is -1.57. The molecule has 0 atom stereocenters. The predicted molar refractivity (Wildman–Crippen MR) is 66.3 cm³/mol. The third-order valence-corrected chi connectivity index (χ3v) is 2.50.